The molecule has 0 aliphatic carbocycles. The predicted octanol–water partition coefficient (Wildman–Crippen LogP) is 8.08. The van der Waals surface area contributed by atoms with Crippen LogP contribution in [0.2, 0.25) is 15.1 Å². The maximum Gasteiger partial charge on any atom is 0.293 e. The third kappa shape index (κ3) is 5.91. The fourth-order valence-corrected chi connectivity index (χ4v) is 5.68. The monoisotopic (exact) mass is 659 g/mol. The lowest BCUT2D eigenvalue weighted by Gasteiger charge is -2.15. The molecule has 180 valence electrons. The molecule has 1 heterocycles. The van der Waals surface area contributed by atoms with Crippen LogP contribution in [0.1, 0.15) is 16.7 Å². The van der Waals surface area contributed by atoms with Gasteiger partial charge in [0.15, 0.2) is 11.5 Å². The topological polar surface area (TPSA) is 55.8 Å². The number of benzene rings is 3. The number of methoxy groups -OCH3 is 1. The molecule has 0 aromatic heterocycles. The maximum atomic E-state index is 13.0. The Balaban J connectivity index is 1.56. The molecule has 3 aromatic rings. The summed E-state index contributed by atoms with van der Waals surface area (Å²) >= 11 is 21.7. The fourth-order valence-electron chi connectivity index (χ4n) is 3.36. The molecule has 1 aliphatic heterocycles. The van der Waals surface area contributed by atoms with Crippen molar-refractivity contribution in [3.8, 4) is 11.5 Å². The minimum absolute atomic E-state index is 0.00378. The summed E-state index contributed by atoms with van der Waals surface area (Å²) in [7, 11) is 1.54. The first kappa shape index (κ1) is 26.2. The molecule has 2 amide bonds. The molecular weight excluding hydrogens is 644 g/mol. The van der Waals surface area contributed by atoms with Crippen molar-refractivity contribution in [1.82, 2.24) is 4.90 Å². The molecule has 0 radical (unpaired) electrons. The Hall–Kier alpha value is -1.91. The zero-order valence-electron chi connectivity index (χ0n) is 18.2. The Kier molecular flexibility index (Phi) is 8.54. The fraction of sp³-hybridized carbons (Fsp3) is 0.120. The summed E-state index contributed by atoms with van der Waals surface area (Å²) in [6.45, 7) is 0.269. The van der Waals surface area contributed by atoms with Crippen molar-refractivity contribution < 1.29 is 19.1 Å². The second kappa shape index (κ2) is 11.4. The third-order valence-corrected chi connectivity index (χ3v) is 7.92. The zero-order chi connectivity index (χ0) is 25.1. The number of hydrogen-bond donors (Lipinski definition) is 0. The molecule has 1 saturated heterocycles. The molecule has 3 aromatic carbocycles. The van der Waals surface area contributed by atoms with Crippen LogP contribution in [-0.4, -0.2) is 23.2 Å². The smallest absolute Gasteiger partial charge is 0.293 e. The van der Waals surface area contributed by atoms with E-state index < -0.39 is 11.1 Å². The first-order chi connectivity index (χ1) is 16.8. The van der Waals surface area contributed by atoms with Crippen LogP contribution in [0.4, 0.5) is 4.79 Å². The molecule has 1 aliphatic rings. The van der Waals surface area contributed by atoms with E-state index in [4.69, 9.17) is 44.3 Å². The standard InChI is InChI=1S/C25H17Cl3INO4S/c1-33-21-10-14(9-20(29)23(21)34-13-15-5-2-3-6-17(15)26)11-22-24(31)30(25(32)35-22)12-16-18(27)7-4-8-19(16)28/h2-11H,12-13H2,1H3/b22-11-. The largest absolute Gasteiger partial charge is 0.493 e. The lowest BCUT2D eigenvalue weighted by atomic mass is 10.1. The van der Waals surface area contributed by atoms with E-state index in [1.54, 1.807) is 43.5 Å². The summed E-state index contributed by atoms with van der Waals surface area (Å²) < 4.78 is 12.3. The number of thioether (sulfide) groups is 1. The number of carbonyl (C=O) groups is 2. The van der Waals surface area contributed by atoms with E-state index in [1.165, 1.54) is 0 Å². The Bertz CT molecular complexity index is 1330. The van der Waals surface area contributed by atoms with Gasteiger partial charge in [0.2, 0.25) is 0 Å². The van der Waals surface area contributed by atoms with E-state index in [2.05, 4.69) is 22.6 Å². The van der Waals surface area contributed by atoms with Crippen LogP contribution in [0, 0.1) is 3.57 Å². The molecule has 5 nitrogen and oxygen atoms in total. The van der Waals surface area contributed by atoms with Crippen LogP contribution in [0.5, 0.6) is 11.5 Å². The van der Waals surface area contributed by atoms with Gasteiger partial charge in [-0.2, -0.15) is 0 Å². The third-order valence-electron chi connectivity index (χ3n) is 5.13. The number of rotatable bonds is 7. The van der Waals surface area contributed by atoms with Crippen molar-refractivity contribution >= 4 is 86.4 Å². The van der Waals surface area contributed by atoms with Gasteiger partial charge in [-0.3, -0.25) is 14.5 Å². The molecule has 0 atom stereocenters. The Morgan fingerprint density at radius 2 is 1.69 bits per heavy atom. The molecule has 0 unspecified atom stereocenters. The van der Waals surface area contributed by atoms with Gasteiger partial charge in [-0.1, -0.05) is 59.1 Å². The summed E-state index contributed by atoms with van der Waals surface area (Å²) in [5, 5.41) is 1.02. The summed E-state index contributed by atoms with van der Waals surface area (Å²) in [5.74, 6) is 0.646. The molecule has 4 rings (SSSR count). The normalized spacial score (nSPS) is 14.7. The van der Waals surface area contributed by atoms with E-state index >= 15 is 0 Å². The van der Waals surface area contributed by atoms with Crippen LogP contribution in [0.3, 0.4) is 0 Å². The van der Waals surface area contributed by atoms with Crippen molar-refractivity contribution in [2.75, 3.05) is 7.11 Å². The molecule has 10 heteroatoms. The van der Waals surface area contributed by atoms with E-state index in [0.717, 1.165) is 25.8 Å². The SMILES string of the molecule is COc1cc(/C=C2\SC(=O)N(Cc3c(Cl)cccc3Cl)C2=O)cc(I)c1OCc1ccccc1Cl. The van der Waals surface area contributed by atoms with Crippen LogP contribution in [0.25, 0.3) is 6.08 Å². The van der Waals surface area contributed by atoms with Gasteiger partial charge < -0.3 is 9.47 Å². The Morgan fingerprint density at radius 3 is 2.37 bits per heavy atom. The molecule has 0 bridgehead atoms. The number of carbonyl (C=O) groups excluding carboxylic acids is 2. The number of imide groups is 1. The first-order valence-electron chi connectivity index (χ1n) is 10.2. The minimum atomic E-state index is -0.413. The van der Waals surface area contributed by atoms with Gasteiger partial charge in [0.25, 0.3) is 11.1 Å². The number of amides is 2. The van der Waals surface area contributed by atoms with Gasteiger partial charge in [-0.15, -0.1) is 0 Å². The van der Waals surface area contributed by atoms with Crippen molar-refractivity contribution in [1.29, 1.82) is 0 Å². The second-order valence-electron chi connectivity index (χ2n) is 7.38. The highest BCUT2D eigenvalue weighted by molar-refractivity contribution is 14.1. The van der Waals surface area contributed by atoms with Gasteiger partial charge in [-0.05, 0) is 76.3 Å². The zero-order valence-corrected chi connectivity index (χ0v) is 23.4. The summed E-state index contributed by atoms with van der Waals surface area (Å²) in [6.07, 6.45) is 1.65. The van der Waals surface area contributed by atoms with Gasteiger partial charge in [0.1, 0.15) is 6.61 Å². The number of nitrogens with zero attached hydrogens (tertiary/aromatic N) is 1. The Morgan fingerprint density at radius 1 is 1.00 bits per heavy atom. The summed E-state index contributed by atoms with van der Waals surface area (Å²) in [4.78, 5) is 27.0. The number of hydrogen-bond acceptors (Lipinski definition) is 5. The highest BCUT2D eigenvalue weighted by Crippen LogP contribution is 2.39. The number of halogens is 4. The van der Waals surface area contributed by atoms with Gasteiger partial charge in [0.05, 0.1) is 22.1 Å². The van der Waals surface area contributed by atoms with Crippen molar-refractivity contribution in [3.05, 3.63) is 94.8 Å². The lowest BCUT2D eigenvalue weighted by molar-refractivity contribution is -0.123. The van der Waals surface area contributed by atoms with E-state index in [0.29, 0.717) is 42.6 Å². The van der Waals surface area contributed by atoms with Gasteiger partial charge in [-0.25, -0.2) is 0 Å². The van der Waals surface area contributed by atoms with Gasteiger partial charge in [0, 0.05) is 26.2 Å². The van der Waals surface area contributed by atoms with Crippen LogP contribution in [0.15, 0.2) is 59.5 Å². The van der Waals surface area contributed by atoms with Crippen molar-refractivity contribution in [2.24, 2.45) is 0 Å². The molecule has 1 fully saturated rings. The molecule has 0 N–H and O–H groups in total. The quantitative estimate of drug-likeness (QED) is 0.190. The van der Waals surface area contributed by atoms with Crippen LogP contribution < -0.4 is 9.47 Å². The summed E-state index contributed by atoms with van der Waals surface area (Å²) in [5.41, 5.74) is 2.07. The predicted molar refractivity (Wildman–Crippen MR) is 149 cm³/mol. The molecule has 35 heavy (non-hydrogen) atoms. The highest BCUT2D eigenvalue weighted by atomic mass is 127. The number of ether oxygens (including phenoxy) is 2. The van der Waals surface area contributed by atoms with Gasteiger partial charge >= 0.3 is 0 Å². The Labute approximate surface area is 235 Å². The highest BCUT2D eigenvalue weighted by Gasteiger charge is 2.35. The second-order valence-corrected chi connectivity index (χ2v) is 10.8. The summed E-state index contributed by atoms with van der Waals surface area (Å²) in [6, 6.07) is 16.1. The first-order valence-corrected chi connectivity index (χ1v) is 13.2. The van der Waals surface area contributed by atoms with E-state index in [1.807, 2.05) is 24.3 Å². The van der Waals surface area contributed by atoms with Crippen LogP contribution >= 0.6 is 69.2 Å². The molecule has 0 spiro atoms. The van der Waals surface area contributed by atoms with E-state index in [9.17, 15) is 9.59 Å². The average Bonchev–Trinajstić information content (AvgIpc) is 3.08. The van der Waals surface area contributed by atoms with Crippen LogP contribution in [-0.2, 0) is 17.9 Å². The molecule has 0 saturated carbocycles. The maximum absolute atomic E-state index is 13.0. The average molecular weight is 661 g/mol. The molecular formula is C25H17Cl3INO4S. The van der Waals surface area contributed by atoms with Crippen molar-refractivity contribution in [2.45, 2.75) is 13.2 Å². The minimum Gasteiger partial charge on any atom is -0.493 e. The lowest BCUT2D eigenvalue weighted by Crippen LogP contribution is -2.27. The van der Waals surface area contributed by atoms with Crippen molar-refractivity contribution in [3.63, 3.8) is 0 Å². The van der Waals surface area contributed by atoms with E-state index in [-0.39, 0.29) is 13.2 Å².